The Bertz CT molecular complexity index is 412. The summed E-state index contributed by atoms with van der Waals surface area (Å²) in [6, 6.07) is 2.71. The van der Waals surface area contributed by atoms with Gasteiger partial charge in [0, 0.05) is 17.9 Å². The Balaban J connectivity index is 2.90. The quantitative estimate of drug-likeness (QED) is 0.597. The monoisotopic (exact) mass is 270 g/mol. The van der Waals surface area contributed by atoms with E-state index in [2.05, 4.69) is 10.6 Å². The maximum absolute atomic E-state index is 11.4. The molecule has 0 atom stereocenters. The molecule has 0 saturated carbocycles. The van der Waals surface area contributed by atoms with Crippen molar-refractivity contribution < 1.29 is 15.2 Å². The zero-order chi connectivity index (χ0) is 14.4. The van der Waals surface area contributed by atoms with Crippen molar-refractivity contribution in [2.75, 3.05) is 22.3 Å². The van der Waals surface area contributed by atoms with Crippen molar-refractivity contribution in [1.82, 2.24) is 5.32 Å². The van der Waals surface area contributed by atoms with Crippen LogP contribution in [0.3, 0.4) is 0 Å². The fraction of sp³-hybridized carbons (Fsp3) is 0.300. The third-order valence-corrected chi connectivity index (χ3v) is 2.14. The normalized spacial score (nSPS) is 9.95. The van der Waals surface area contributed by atoms with E-state index in [9.17, 15) is 15.2 Å². The molecule has 19 heavy (non-hydrogen) atoms. The number of carbonyl (C=O) groups excluding carboxylic acids is 1. The lowest BCUT2D eigenvalue weighted by molar-refractivity contribution is 0.0292. The summed E-state index contributed by atoms with van der Waals surface area (Å²) in [4.78, 5) is 11.4. The topological polar surface area (TPSA) is 134 Å². The van der Waals surface area contributed by atoms with Crippen LogP contribution < -0.4 is 21.1 Å². The van der Waals surface area contributed by atoms with Crippen molar-refractivity contribution in [2.45, 2.75) is 13.3 Å². The fourth-order valence-corrected chi connectivity index (χ4v) is 1.30. The summed E-state index contributed by atoms with van der Waals surface area (Å²) < 4.78 is 0. The van der Waals surface area contributed by atoms with Crippen LogP contribution in [0.25, 0.3) is 0 Å². The van der Waals surface area contributed by atoms with Crippen LogP contribution >= 0.6 is 0 Å². The number of hydrogen-bond acceptors (Lipinski definition) is 7. The third kappa shape index (κ3) is 4.60. The van der Waals surface area contributed by atoms with Crippen LogP contribution in [-0.2, 0) is 0 Å². The van der Waals surface area contributed by atoms with Gasteiger partial charge in [-0.25, -0.2) is 4.79 Å². The van der Waals surface area contributed by atoms with Gasteiger partial charge in [-0.05, 0) is 24.6 Å². The summed E-state index contributed by atoms with van der Waals surface area (Å²) in [5.41, 5.74) is -0.540. The molecule has 0 aliphatic rings. The smallest absolute Gasteiger partial charge is 0.319 e. The zero-order valence-corrected chi connectivity index (χ0v) is 10.2. The molecule has 2 amide bonds. The van der Waals surface area contributed by atoms with Crippen molar-refractivity contribution in [3.63, 3.8) is 0 Å². The highest BCUT2D eigenvalue weighted by Crippen LogP contribution is 2.26. The first kappa shape index (κ1) is 15.0. The molecule has 0 unspecified atom stereocenters. The SMILES string of the molecule is CCCNC(=O)Nc1cc(N([O-])[O-])cc(N(O)O)c1. The highest BCUT2D eigenvalue weighted by Gasteiger charge is 2.06. The zero-order valence-electron chi connectivity index (χ0n) is 10.2. The Morgan fingerprint density at radius 2 is 1.89 bits per heavy atom. The van der Waals surface area contributed by atoms with E-state index in [1.807, 2.05) is 6.92 Å². The van der Waals surface area contributed by atoms with Gasteiger partial charge in [0.2, 0.25) is 0 Å². The minimum Gasteiger partial charge on any atom is -0.769 e. The number of benzene rings is 1. The van der Waals surface area contributed by atoms with Gasteiger partial charge in [0.15, 0.2) is 0 Å². The standard InChI is InChI=1S/C10H14N4O5/c1-2-3-11-10(15)12-7-4-8(13(16)17)6-9(5-7)14(18)19/h4-6,16-17H,2-3H2,1H3,(H2,11,12,15)/q-2. The molecule has 0 heterocycles. The number of anilines is 3. The van der Waals surface area contributed by atoms with Gasteiger partial charge in [-0.3, -0.25) is 10.4 Å². The molecule has 0 aromatic heterocycles. The second kappa shape index (κ2) is 6.75. The van der Waals surface area contributed by atoms with Crippen LogP contribution in [0.5, 0.6) is 0 Å². The van der Waals surface area contributed by atoms with Crippen molar-refractivity contribution in [1.29, 1.82) is 0 Å². The van der Waals surface area contributed by atoms with Crippen molar-refractivity contribution in [3.05, 3.63) is 28.6 Å². The first-order valence-corrected chi connectivity index (χ1v) is 5.46. The highest BCUT2D eigenvalue weighted by atomic mass is 16.8. The van der Waals surface area contributed by atoms with E-state index >= 15 is 0 Å². The maximum Gasteiger partial charge on any atom is 0.319 e. The fourth-order valence-electron chi connectivity index (χ4n) is 1.30. The lowest BCUT2D eigenvalue weighted by Gasteiger charge is -2.38. The summed E-state index contributed by atoms with van der Waals surface area (Å²) in [6.07, 6.45) is 0.745. The molecule has 106 valence electrons. The number of nitrogens with one attached hydrogen (secondary N) is 2. The Morgan fingerprint density at radius 1 is 1.26 bits per heavy atom. The van der Waals surface area contributed by atoms with Crippen LogP contribution in [0.15, 0.2) is 18.2 Å². The van der Waals surface area contributed by atoms with Crippen LogP contribution in [0.4, 0.5) is 21.9 Å². The number of amides is 2. The van der Waals surface area contributed by atoms with Crippen molar-refractivity contribution in [2.24, 2.45) is 0 Å². The van der Waals surface area contributed by atoms with Crippen LogP contribution in [0, 0.1) is 10.4 Å². The number of nitrogens with zero attached hydrogens (tertiary/aromatic N) is 2. The van der Waals surface area contributed by atoms with Crippen molar-refractivity contribution in [3.8, 4) is 0 Å². The van der Waals surface area contributed by atoms with Gasteiger partial charge in [0.05, 0.1) is 5.69 Å². The third-order valence-electron chi connectivity index (χ3n) is 2.14. The van der Waals surface area contributed by atoms with Gasteiger partial charge >= 0.3 is 6.03 Å². The summed E-state index contributed by atoms with van der Waals surface area (Å²) >= 11 is 0. The van der Waals surface area contributed by atoms with Gasteiger partial charge < -0.3 is 26.3 Å². The number of carbonyl (C=O) groups is 1. The average Bonchev–Trinajstić information content (AvgIpc) is 2.35. The summed E-state index contributed by atoms with van der Waals surface area (Å²) in [6.45, 7) is 2.33. The van der Waals surface area contributed by atoms with Gasteiger partial charge in [-0.2, -0.15) is 0 Å². The highest BCUT2D eigenvalue weighted by molar-refractivity contribution is 5.90. The molecule has 9 nitrogen and oxygen atoms in total. The lowest BCUT2D eigenvalue weighted by atomic mass is 10.2. The minimum absolute atomic E-state index is 0.0749. The first-order valence-electron chi connectivity index (χ1n) is 5.46. The predicted molar refractivity (Wildman–Crippen MR) is 69.0 cm³/mol. The van der Waals surface area contributed by atoms with E-state index in [0.29, 0.717) is 6.54 Å². The molecule has 0 fully saturated rings. The Labute approximate surface area is 109 Å². The van der Waals surface area contributed by atoms with Gasteiger partial charge in [-0.1, -0.05) is 6.92 Å². The Morgan fingerprint density at radius 3 is 2.42 bits per heavy atom. The van der Waals surface area contributed by atoms with E-state index in [1.54, 1.807) is 0 Å². The van der Waals surface area contributed by atoms with E-state index in [0.717, 1.165) is 18.6 Å². The van der Waals surface area contributed by atoms with Gasteiger partial charge in [0.25, 0.3) is 0 Å². The minimum atomic E-state index is -0.706. The van der Waals surface area contributed by atoms with Gasteiger partial charge in [0.1, 0.15) is 0 Å². The molecule has 9 heteroatoms. The molecule has 0 radical (unpaired) electrons. The van der Waals surface area contributed by atoms with Crippen molar-refractivity contribution >= 4 is 23.1 Å². The summed E-state index contributed by atoms with van der Waals surface area (Å²) in [5.74, 6) is 0. The predicted octanol–water partition coefficient (Wildman–Crippen LogP) is 1.60. The lowest BCUT2D eigenvalue weighted by Crippen LogP contribution is -2.29. The molecular formula is C10H14N4O5-2. The molecule has 1 rings (SSSR count). The summed E-state index contributed by atoms with van der Waals surface area (Å²) in [7, 11) is 0. The van der Waals surface area contributed by atoms with Crippen LogP contribution in [0.2, 0.25) is 0 Å². The first-order chi connectivity index (χ1) is 8.93. The maximum atomic E-state index is 11.4. The van der Waals surface area contributed by atoms with E-state index < -0.39 is 11.3 Å². The summed E-state index contributed by atoms with van der Waals surface area (Å²) in [5, 5.41) is 43.0. The van der Waals surface area contributed by atoms with E-state index in [-0.39, 0.29) is 22.3 Å². The second-order valence-corrected chi connectivity index (χ2v) is 3.67. The molecular weight excluding hydrogens is 256 g/mol. The molecule has 0 aliphatic heterocycles. The Kier molecular flexibility index (Phi) is 5.33. The number of hydrogen-bond donors (Lipinski definition) is 4. The molecule has 0 spiro atoms. The van der Waals surface area contributed by atoms with Gasteiger partial charge in [-0.15, -0.1) is 5.23 Å². The average molecular weight is 270 g/mol. The second-order valence-electron chi connectivity index (χ2n) is 3.67. The molecule has 0 aliphatic carbocycles. The molecule has 0 saturated heterocycles. The molecule has 4 N–H and O–H groups in total. The molecule has 1 aromatic rings. The number of urea groups is 1. The van der Waals surface area contributed by atoms with Crippen LogP contribution in [-0.4, -0.2) is 23.0 Å². The Hall–Kier alpha value is -2.07. The van der Waals surface area contributed by atoms with E-state index in [4.69, 9.17) is 10.4 Å². The van der Waals surface area contributed by atoms with E-state index in [1.165, 1.54) is 6.07 Å². The van der Waals surface area contributed by atoms with Crippen LogP contribution in [0.1, 0.15) is 13.3 Å². The molecule has 0 bridgehead atoms. The largest absolute Gasteiger partial charge is 0.769 e. The number of rotatable bonds is 5. The molecule has 1 aromatic carbocycles.